The summed E-state index contributed by atoms with van der Waals surface area (Å²) in [6, 6.07) is 6.33. The van der Waals surface area contributed by atoms with Gasteiger partial charge in [0, 0.05) is 12.6 Å². The number of anilines is 2. The molecule has 4 heteroatoms. The van der Waals surface area contributed by atoms with Gasteiger partial charge in [-0.05, 0) is 51.4 Å². The van der Waals surface area contributed by atoms with Crippen LogP contribution in [0, 0.1) is 0 Å². The van der Waals surface area contributed by atoms with Gasteiger partial charge in [-0.2, -0.15) is 0 Å². The van der Waals surface area contributed by atoms with E-state index in [1.807, 2.05) is 18.2 Å². The van der Waals surface area contributed by atoms with Gasteiger partial charge in [-0.15, -0.1) is 0 Å². The molecule has 0 aliphatic carbocycles. The van der Waals surface area contributed by atoms with E-state index in [-0.39, 0.29) is 0 Å². The van der Waals surface area contributed by atoms with E-state index in [1.54, 1.807) is 0 Å². The lowest BCUT2D eigenvalue weighted by Crippen LogP contribution is -2.33. The monoisotopic (exact) mass is 277 g/mol. The average Bonchev–Trinajstić information content (AvgIpc) is 2.92. The van der Waals surface area contributed by atoms with E-state index in [9.17, 15) is 0 Å². The molecule has 1 aromatic rings. The first kappa shape index (κ1) is 15.0. The minimum atomic E-state index is 0.386. The van der Waals surface area contributed by atoms with Crippen LogP contribution in [0.25, 0.3) is 0 Å². The van der Waals surface area contributed by atoms with Crippen molar-refractivity contribution in [3.05, 3.63) is 18.2 Å². The van der Waals surface area contributed by atoms with Crippen LogP contribution >= 0.6 is 0 Å². The Kier molecular flexibility index (Phi) is 5.53. The topological polar surface area (TPSA) is 50.5 Å². The van der Waals surface area contributed by atoms with Crippen molar-refractivity contribution in [3.8, 4) is 5.75 Å². The lowest BCUT2D eigenvalue weighted by atomic mass is 10.2. The first-order valence-corrected chi connectivity index (χ1v) is 7.71. The van der Waals surface area contributed by atoms with Gasteiger partial charge in [0.25, 0.3) is 0 Å². The molecule has 1 heterocycles. The highest BCUT2D eigenvalue weighted by atomic mass is 16.5. The molecule has 1 atom stereocenters. The highest BCUT2D eigenvalue weighted by Crippen LogP contribution is 2.30. The summed E-state index contributed by atoms with van der Waals surface area (Å²) in [6.07, 6.45) is 3.65. The zero-order valence-corrected chi connectivity index (χ0v) is 12.7. The maximum absolute atomic E-state index is 6.18. The Labute approximate surface area is 122 Å². The van der Waals surface area contributed by atoms with Gasteiger partial charge in [0.05, 0.1) is 18.0 Å². The SMILES string of the molecule is CCCOc1cccc(NC(C)CN2CCCC2)c1N. The summed E-state index contributed by atoms with van der Waals surface area (Å²) < 4.78 is 5.67. The largest absolute Gasteiger partial charge is 0.491 e. The van der Waals surface area contributed by atoms with Crippen LogP contribution in [0.4, 0.5) is 11.4 Å². The summed E-state index contributed by atoms with van der Waals surface area (Å²) in [5.74, 6) is 0.783. The maximum atomic E-state index is 6.18. The molecule has 0 saturated carbocycles. The number of hydrogen-bond donors (Lipinski definition) is 2. The fourth-order valence-electron chi connectivity index (χ4n) is 2.67. The molecule has 3 N–H and O–H groups in total. The number of ether oxygens (including phenoxy) is 1. The predicted octanol–water partition coefficient (Wildman–Crippen LogP) is 2.95. The van der Waals surface area contributed by atoms with E-state index >= 15 is 0 Å². The molecule has 0 amide bonds. The van der Waals surface area contributed by atoms with Crippen LogP contribution in [0.15, 0.2) is 18.2 Å². The highest BCUT2D eigenvalue weighted by molar-refractivity contribution is 5.73. The number of nitrogens with two attached hydrogens (primary N) is 1. The van der Waals surface area contributed by atoms with Gasteiger partial charge < -0.3 is 20.7 Å². The van der Waals surface area contributed by atoms with Crippen LogP contribution in [0.2, 0.25) is 0 Å². The molecule has 1 fully saturated rings. The molecule has 1 aromatic carbocycles. The van der Waals surface area contributed by atoms with Gasteiger partial charge >= 0.3 is 0 Å². The van der Waals surface area contributed by atoms with Gasteiger partial charge in [-0.1, -0.05) is 13.0 Å². The molecule has 0 spiro atoms. The van der Waals surface area contributed by atoms with Crippen LogP contribution in [0.5, 0.6) is 5.75 Å². The van der Waals surface area contributed by atoms with Crippen LogP contribution in [0.3, 0.4) is 0 Å². The number of benzene rings is 1. The van der Waals surface area contributed by atoms with Crippen molar-refractivity contribution in [3.63, 3.8) is 0 Å². The zero-order chi connectivity index (χ0) is 14.4. The Morgan fingerprint density at radius 1 is 1.35 bits per heavy atom. The number of rotatable bonds is 7. The van der Waals surface area contributed by atoms with Crippen LogP contribution in [-0.2, 0) is 0 Å². The molecule has 1 aliphatic heterocycles. The first-order chi connectivity index (χ1) is 9.70. The van der Waals surface area contributed by atoms with E-state index in [2.05, 4.69) is 24.1 Å². The molecule has 0 radical (unpaired) electrons. The van der Waals surface area contributed by atoms with Crippen molar-refractivity contribution >= 4 is 11.4 Å². The summed E-state index contributed by atoms with van der Waals surface area (Å²) in [5, 5.41) is 3.51. The predicted molar refractivity (Wildman–Crippen MR) is 85.4 cm³/mol. The van der Waals surface area contributed by atoms with Gasteiger partial charge in [0.2, 0.25) is 0 Å². The van der Waals surface area contributed by atoms with Gasteiger partial charge in [0.15, 0.2) is 0 Å². The van der Waals surface area contributed by atoms with E-state index < -0.39 is 0 Å². The van der Waals surface area contributed by atoms with E-state index in [0.717, 1.165) is 24.4 Å². The number of nitrogen functional groups attached to an aromatic ring is 1. The van der Waals surface area contributed by atoms with Crippen molar-refractivity contribution < 1.29 is 4.74 Å². The van der Waals surface area contributed by atoms with Gasteiger partial charge in [0.1, 0.15) is 5.75 Å². The zero-order valence-electron chi connectivity index (χ0n) is 12.7. The molecule has 1 unspecified atom stereocenters. The number of hydrogen-bond acceptors (Lipinski definition) is 4. The summed E-state index contributed by atoms with van der Waals surface area (Å²) in [7, 11) is 0. The highest BCUT2D eigenvalue weighted by Gasteiger charge is 2.15. The third-order valence-corrected chi connectivity index (χ3v) is 3.66. The molecule has 0 bridgehead atoms. The van der Waals surface area contributed by atoms with E-state index in [1.165, 1.54) is 25.9 Å². The molecule has 112 valence electrons. The average molecular weight is 277 g/mol. The normalized spacial score (nSPS) is 17.1. The lowest BCUT2D eigenvalue weighted by molar-refractivity contribution is 0.319. The molecule has 20 heavy (non-hydrogen) atoms. The Morgan fingerprint density at radius 3 is 2.80 bits per heavy atom. The Bertz CT molecular complexity index is 416. The molecule has 1 saturated heterocycles. The van der Waals surface area contributed by atoms with Crippen molar-refractivity contribution in [1.29, 1.82) is 0 Å². The molecule has 1 aliphatic rings. The van der Waals surface area contributed by atoms with Crippen LogP contribution < -0.4 is 15.8 Å². The standard InChI is InChI=1S/C16H27N3O/c1-3-11-20-15-8-6-7-14(16(15)17)18-13(2)12-19-9-4-5-10-19/h6-8,13,18H,3-5,9-12,17H2,1-2H3. The Hall–Kier alpha value is -1.42. The number of likely N-dealkylation sites (tertiary alicyclic amines) is 1. The second-order valence-electron chi connectivity index (χ2n) is 5.62. The summed E-state index contributed by atoms with van der Waals surface area (Å²) in [4.78, 5) is 2.51. The summed E-state index contributed by atoms with van der Waals surface area (Å²) >= 11 is 0. The van der Waals surface area contributed by atoms with E-state index in [4.69, 9.17) is 10.5 Å². The number of nitrogens with zero attached hydrogens (tertiary/aromatic N) is 1. The molecule has 4 nitrogen and oxygen atoms in total. The van der Waals surface area contributed by atoms with E-state index in [0.29, 0.717) is 18.3 Å². The lowest BCUT2D eigenvalue weighted by Gasteiger charge is -2.23. The molecule has 0 aromatic heterocycles. The van der Waals surface area contributed by atoms with Crippen LogP contribution in [-0.4, -0.2) is 37.2 Å². The Morgan fingerprint density at radius 2 is 2.10 bits per heavy atom. The summed E-state index contributed by atoms with van der Waals surface area (Å²) in [6.45, 7) is 8.52. The fraction of sp³-hybridized carbons (Fsp3) is 0.625. The smallest absolute Gasteiger partial charge is 0.144 e. The van der Waals surface area contributed by atoms with Crippen molar-refractivity contribution in [2.75, 3.05) is 37.3 Å². The Balaban J connectivity index is 1.93. The molecule has 2 rings (SSSR count). The fourth-order valence-corrected chi connectivity index (χ4v) is 2.67. The third kappa shape index (κ3) is 4.04. The second-order valence-corrected chi connectivity index (χ2v) is 5.62. The number of para-hydroxylation sites is 1. The van der Waals surface area contributed by atoms with Crippen molar-refractivity contribution in [1.82, 2.24) is 4.90 Å². The number of nitrogens with one attached hydrogen (secondary N) is 1. The minimum absolute atomic E-state index is 0.386. The quantitative estimate of drug-likeness (QED) is 0.752. The van der Waals surface area contributed by atoms with Crippen molar-refractivity contribution in [2.45, 2.75) is 39.2 Å². The molecular weight excluding hydrogens is 250 g/mol. The van der Waals surface area contributed by atoms with Crippen LogP contribution in [0.1, 0.15) is 33.1 Å². The molecular formula is C16H27N3O. The van der Waals surface area contributed by atoms with Gasteiger partial charge in [-0.25, -0.2) is 0 Å². The van der Waals surface area contributed by atoms with Crippen molar-refractivity contribution in [2.24, 2.45) is 0 Å². The minimum Gasteiger partial charge on any atom is -0.491 e. The first-order valence-electron chi connectivity index (χ1n) is 7.71. The second kappa shape index (κ2) is 7.39. The van der Waals surface area contributed by atoms with Gasteiger partial charge in [-0.3, -0.25) is 0 Å². The third-order valence-electron chi connectivity index (χ3n) is 3.66. The maximum Gasteiger partial charge on any atom is 0.144 e. The summed E-state index contributed by atoms with van der Waals surface area (Å²) in [5.41, 5.74) is 7.87.